The number of rotatable bonds is 22. The normalized spacial score (nSPS) is 35.4. The summed E-state index contributed by atoms with van der Waals surface area (Å²) in [4.78, 5) is 32.7. The minimum absolute atomic E-state index is 0.102. The molecule has 3 aliphatic heterocycles. The van der Waals surface area contributed by atoms with E-state index >= 15 is 0 Å². The summed E-state index contributed by atoms with van der Waals surface area (Å²) in [5.41, 5.74) is -4.59. The van der Waals surface area contributed by atoms with E-state index in [0.29, 0.717) is 19.5 Å². The molecule has 0 aromatic heterocycles. The first kappa shape index (κ1) is 71.0. The third kappa shape index (κ3) is 17.0. The van der Waals surface area contributed by atoms with Gasteiger partial charge in [0.25, 0.3) is 0 Å². The van der Waals surface area contributed by atoms with Crippen LogP contribution in [0.3, 0.4) is 0 Å². The van der Waals surface area contributed by atoms with E-state index in [4.69, 9.17) is 33.2 Å². The van der Waals surface area contributed by atoms with Gasteiger partial charge in [-0.2, -0.15) is 0 Å². The first-order valence-electron chi connectivity index (χ1n) is 31.5. The molecule has 0 saturated carbocycles. The summed E-state index contributed by atoms with van der Waals surface area (Å²) >= 11 is 4.59. The summed E-state index contributed by atoms with van der Waals surface area (Å²) in [7, 11) is 7.18. The molecular formula is C67H107BrN3O13P. The number of halogens is 1. The van der Waals surface area contributed by atoms with Gasteiger partial charge in [0.2, 0.25) is 0 Å². The molecule has 3 saturated heterocycles. The van der Waals surface area contributed by atoms with Gasteiger partial charge in [0.15, 0.2) is 18.7 Å². The number of hydrogen-bond donors (Lipinski definition) is 5. The van der Waals surface area contributed by atoms with Crippen molar-refractivity contribution >= 4 is 48.8 Å². The van der Waals surface area contributed by atoms with E-state index in [0.717, 1.165) is 57.5 Å². The van der Waals surface area contributed by atoms with Crippen LogP contribution in [0.15, 0.2) is 91.0 Å². The number of esters is 1. The standard InChI is InChI=1S/C67H107BrN3O13P/c1-15-55-67(10,77)61(84-64(75)69-39-31-20-18-16-17-19-21-32-40-85(68,51-33-25-22-26-34-51,52-35-27-23-28-36-52)53-37-29-24-30-38-53)49(6)71(13)44-45(2)42-65(8,76)60(83-63-57(72)54(70(11)12)41-46(3)79-63)47(4)58(48(5)62(74)81-55)82-56-43-66(9,78-14)59(73)50(7)80-56/h22-30,33-38,45-50,54-61,63,72-73,76-77H,15-21,31-32,39-44H2,1-14H3,(H,69,75)/t45-,46-,47+,48-,49-,50+,54+,55-,56+,57-,58+,59+,60-,61-,63+,65-,66-,67-/m1/s1. The number of nitrogens with zero attached hydrogens (tertiary/aromatic N) is 2. The number of ether oxygens (including phenoxy) is 7. The fourth-order valence-corrected chi connectivity index (χ4v) is 21.7. The fourth-order valence-electron chi connectivity index (χ4n) is 13.9. The van der Waals surface area contributed by atoms with Gasteiger partial charge in [0, 0.05) is 38.1 Å². The number of carbonyl (C=O) groups excluding carboxylic acids is 2. The summed E-state index contributed by atoms with van der Waals surface area (Å²) in [5.74, 6) is -2.82. The van der Waals surface area contributed by atoms with Gasteiger partial charge in [-0.05, 0) is 94.8 Å². The SMILES string of the molecule is CC[C@H]1OC(=O)[C@H](C)[C@@H](O[C@H]2C[C@@](C)(OC)[C@@H](O)[C@H](C)O2)[C@H](C)[C@@H](O[C@@H]2O[C@H](C)C[C@H](N(C)C)[C@H]2O)[C@](C)(O)C[C@@H](C)CN(C)[C@H](C)[C@@H](OC(=O)NCCCCCCCCCCP(Br)(c2ccccc2)(c2ccccc2)c2ccccc2)[C@]1(C)O. The molecule has 16 nitrogen and oxygen atoms in total. The first-order valence-corrected chi connectivity index (χ1v) is 36.0. The second kappa shape index (κ2) is 31.1. The number of benzene rings is 3. The largest absolute Gasteiger partial charge is 0.382 e. The van der Waals surface area contributed by atoms with Crippen LogP contribution in [-0.2, 0) is 38.0 Å². The minimum atomic E-state index is -2.95. The van der Waals surface area contributed by atoms with Crippen LogP contribution in [0.1, 0.15) is 146 Å². The number of hydrogen-bond acceptors (Lipinski definition) is 15. The van der Waals surface area contributed by atoms with Gasteiger partial charge in [-0.15, -0.1) is 0 Å². The molecule has 3 fully saturated rings. The monoisotopic (exact) mass is 1270 g/mol. The number of cyclic esters (lactones) is 1. The quantitative estimate of drug-likeness (QED) is 0.0362. The number of carbonyl (C=O) groups is 2. The number of likely N-dealkylation sites (N-methyl/N-ethyl adjacent to an activating group) is 2. The average molecular weight is 1270 g/mol. The van der Waals surface area contributed by atoms with Crippen LogP contribution >= 0.6 is 20.8 Å². The predicted molar refractivity (Wildman–Crippen MR) is 342 cm³/mol. The van der Waals surface area contributed by atoms with E-state index in [1.807, 2.05) is 58.6 Å². The van der Waals surface area contributed by atoms with Gasteiger partial charge in [-0.1, -0.05) is 20.8 Å². The zero-order valence-corrected chi connectivity index (χ0v) is 56.1. The Hall–Kier alpha value is -3.13. The number of amides is 1. The molecule has 3 aromatic carbocycles. The Morgan fingerprint density at radius 2 is 1.31 bits per heavy atom. The molecule has 0 spiro atoms. The molecule has 0 radical (unpaired) electrons. The number of methoxy groups -OCH3 is 1. The first-order chi connectivity index (χ1) is 40.1. The molecular weight excluding hydrogens is 1170 g/mol. The maximum atomic E-state index is 14.9. The third-order valence-electron chi connectivity index (χ3n) is 19.1. The number of unbranched alkanes of at least 4 members (excludes halogenated alkanes) is 7. The van der Waals surface area contributed by atoms with Crippen LogP contribution in [-0.4, -0.2) is 180 Å². The summed E-state index contributed by atoms with van der Waals surface area (Å²) in [6.45, 7) is 18.6. The Morgan fingerprint density at radius 1 is 0.776 bits per heavy atom. The Morgan fingerprint density at radius 3 is 1.82 bits per heavy atom. The molecule has 1 amide bonds. The molecule has 85 heavy (non-hydrogen) atoms. The van der Waals surface area contributed by atoms with Crippen molar-refractivity contribution in [3.63, 3.8) is 0 Å². The molecule has 0 aliphatic carbocycles. The number of aliphatic hydroxyl groups excluding tert-OH is 2. The van der Waals surface area contributed by atoms with Crippen molar-refractivity contribution in [1.82, 2.24) is 15.1 Å². The second-order valence-corrected chi connectivity index (χ2v) is 35.3. The Labute approximate surface area is 517 Å². The summed E-state index contributed by atoms with van der Waals surface area (Å²) < 4.78 is 44.8. The van der Waals surface area contributed by atoms with Crippen molar-refractivity contribution in [3.8, 4) is 0 Å². The van der Waals surface area contributed by atoms with Crippen LogP contribution < -0.4 is 21.2 Å². The predicted octanol–water partition coefficient (Wildman–Crippen LogP) is 9.60. The number of alkyl carbamates (subject to hydrolysis) is 1. The van der Waals surface area contributed by atoms with E-state index in [1.165, 1.54) is 23.0 Å². The Bertz CT molecular complexity index is 2400. The smallest absolute Gasteiger partial charge is 0.137 e. The van der Waals surface area contributed by atoms with Gasteiger partial charge in [-0.25, -0.2) is 4.79 Å². The molecule has 5 N–H and O–H groups in total. The van der Waals surface area contributed by atoms with E-state index in [9.17, 15) is 30.0 Å². The maximum Gasteiger partial charge on any atom is 0.137 e. The maximum absolute atomic E-state index is 14.9. The van der Waals surface area contributed by atoms with Crippen LogP contribution in [0, 0.1) is 17.8 Å². The molecule has 3 aliphatic rings. The number of aliphatic hydroxyl groups is 4. The van der Waals surface area contributed by atoms with E-state index in [2.05, 4.69) is 112 Å². The third-order valence-corrected chi connectivity index (χ3v) is 29.1. The van der Waals surface area contributed by atoms with Crippen molar-refractivity contribution in [2.75, 3.05) is 47.5 Å². The Balaban J connectivity index is 1.13. The summed E-state index contributed by atoms with van der Waals surface area (Å²) in [6, 6.07) is 32.0. The zero-order valence-electron chi connectivity index (χ0n) is 53.6. The molecule has 3 heterocycles. The summed E-state index contributed by atoms with van der Waals surface area (Å²) in [6.07, 6.45) is -0.0892. The van der Waals surface area contributed by atoms with Gasteiger partial charge in [0.1, 0.15) is 23.9 Å². The van der Waals surface area contributed by atoms with Gasteiger partial charge in [-0.3, -0.25) is 9.69 Å². The van der Waals surface area contributed by atoms with Crippen molar-refractivity contribution in [2.24, 2.45) is 17.8 Å². The number of nitrogens with one attached hydrogen (secondary N) is 1. The fraction of sp³-hybridized carbons (Fsp3) is 0.701. The second-order valence-electron chi connectivity index (χ2n) is 26.2. The topological polar surface area (TPSA) is 198 Å². The van der Waals surface area contributed by atoms with Crippen molar-refractivity contribution in [2.45, 2.75) is 237 Å². The Kier molecular flexibility index (Phi) is 25.9. The molecule has 0 bridgehead atoms. The molecule has 6 rings (SSSR count). The van der Waals surface area contributed by atoms with Crippen LogP contribution in [0.5, 0.6) is 0 Å². The molecule has 0 unspecified atom stereocenters. The minimum Gasteiger partial charge on any atom is -0.382 e. The van der Waals surface area contributed by atoms with Crippen molar-refractivity contribution in [3.05, 3.63) is 91.0 Å². The van der Waals surface area contributed by atoms with Crippen molar-refractivity contribution < 1.29 is 63.2 Å². The van der Waals surface area contributed by atoms with Crippen molar-refractivity contribution in [1.29, 1.82) is 0 Å². The van der Waals surface area contributed by atoms with Gasteiger partial charge >= 0.3 is 209 Å². The van der Waals surface area contributed by atoms with Crippen LogP contribution in [0.2, 0.25) is 0 Å². The zero-order chi connectivity index (χ0) is 62.5. The van der Waals surface area contributed by atoms with Gasteiger partial charge < -0.3 is 58.5 Å². The molecule has 18 heteroatoms. The molecule has 18 atom stereocenters. The van der Waals surface area contributed by atoms with E-state index in [-0.39, 0.29) is 37.3 Å². The average Bonchev–Trinajstić information content (AvgIpc) is 1.32. The van der Waals surface area contributed by atoms with Crippen LogP contribution in [0.25, 0.3) is 0 Å². The van der Waals surface area contributed by atoms with Gasteiger partial charge in [0.05, 0.1) is 41.5 Å². The molecule has 480 valence electrons. The van der Waals surface area contributed by atoms with Crippen LogP contribution in [0.4, 0.5) is 4.79 Å². The summed E-state index contributed by atoms with van der Waals surface area (Å²) in [5, 5.41) is 52.6. The molecule has 3 aromatic rings. The van der Waals surface area contributed by atoms with E-state index in [1.54, 1.807) is 41.5 Å². The van der Waals surface area contributed by atoms with E-state index < -0.39 is 107 Å².